The molecule has 6 rings (SSSR count). The zero-order valence-corrected chi connectivity index (χ0v) is 27.5. The molecule has 2 aliphatic carbocycles. The Kier molecular flexibility index (Phi) is 8.14. The number of ketones is 1. The molecule has 1 saturated heterocycles. The number of hydrazine groups is 1. The number of ether oxygens (including phenoxy) is 1. The van der Waals surface area contributed by atoms with E-state index in [-0.39, 0.29) is 38.4 Å². The molecule has 2 fully saturated rings. The third kappa shape index (κ3) is 4.68. The Bertz CT molecular complexity index is 1870. The van der Waals surface area contributed by atoms with Crippen LogP contribution in [0.4, 0.5) is 5.69 Å². The van der Waals surface area contributed by atoms with Gasteiger partial charge in [0.15, 0.2) is 10.1 Å². The van der Waals surface area contributed by atoms with E-state index >= 15 is 0 Å². The van der Waals surface area contributed by atoms with Gasteiger partial charge in [-0.2, -0.15) is 5.01 Å². The van der Waals surface area contributed by atoms with E-state index in [4.69, 9.17) is 78.8 Å². The number of non-ortho nitro benzene ring substituents is 1. The highest BCUT2D eigenvalue weighted by Crippen LogP contribution is 2.77. The Morgan fingerprint density at radius 1 is 0.872 bits per heavy atom. The second kappa shape index (κ2) is 11.5. The van der Waals surface area contributed by atoms with Gasteiger partial charge in [0.25, 0.3) is 23.4 Å². The van der Waals surface area contributed by atoms with Crippen LogP contribution in [0.1, 0.15) is 31.3 Å². The lowest BCUT2D eigenvalue weighted by atomic mass is 9.84. The molecule has 3 aromatic rings. The standard InChI is InChI=1S/C29H15Cl6N3O9/c30-21-22(31)28(33)20-19(27(21,32)29(28,34)35)24(41)37(25(20)42)36(23(40)14-3-7-15(8-4-14)38(44)45)12-17(39)13-5-9-16(10-6-13)47-26(43)18-2-1-11-46-18/h1-11,19-20H,12H2/t19-,20-,27+,28+/m0/s1. The number of hydrogen-bond acceptors (Lipinski definition) is 9. The smallest absolute Gasteiger partial charge is 0.379 e. The molecular weight excluding hydrogens is 747 g/mol. The SMILES string of the molecule is O=C(CN(C(=O)c1ccc([N+](=O)[O-])cc1)N1C(=O)[C@@H]2[C@@H](C1=O)[C@@]1(Cl)C(Cl)=C(Cl)[C@@]2(Cl)C1(Cl)Cl)c1ccc(OC(=O)c2ccco2)cc1. The van der Waals surface area contributed by atoms with Crippen molar-refractivity contribution in [3.05, 3.63) is 104 Å². The number of carbonyl (C=O) groups is 5. The number of Topliss-reactive ketones (excluding diaryl/α,β-unsaturated/α-hetero) is 1. The Hall–Kier alpha value is -3.65. The van der Waals surface area contributed by atoms with Crippen LogP contribution in [-0.2, 0) is 9.59 Å². The summed E-state index contributed by atoms with van der Waals surface area (Å²) >= 11 is 39.4. The number of nitro groups is 1. The van der Waals surface area contributed by atoms with Gasteiger partial charge in [0.05, 0.1) is 33.1 Å². The Morgan fingerprint density at radius 2 is 1.40 bits per heavy atom. The summed E-state index contributed by atoms with van der Waals surface area (Å²) in [6.45, 7) is -0.898. The van der Waals surface area contributed by atoms with Gasteiger partial charge in [-0.15, -0.1) is 23.2 Å². The number of halogens is 6. The fourth-order valence-electron chi connectivity index (χ4n) is 5.81. The molecule has 2 aromatic carbocycles. The summed E-state index contributed by atoms with van der Waals surface area (Å²) in [5, 5.41) is 11.4. The summed E-state index contributed by atoms with van der Waals surface area (Å²) in [6.07, 6.45) is 1.29. The average molecular weight is 762 g/mol. The maximum atomic E-state index is 14.0. The summed E-state index contributed by atoms with van der Waals surface area (Å²) in [6, 6.07) is 12.3. The van der Waals surface area contributed by atoms with Crippen molar-refractivity contribution in [3.8, 4) is 5.75 Å². The lowest BCUT2D eigenvalue weighted by Gasteiger charge is -2.36. The van der Waals surface area contributed by atoms with Crippen molar-refractivity contribution < 1.29 is 38.1 Å². The van der Waals surface area contributed by atoms with Crippen molar-refractivity contribution >= 4 is 105 Å². The first-order chi connectivity index (χ1) is 22.1. The average Bonchev–Trinajstić information content (AvgIpc) is 3.73. The maximum absolute atomic E-state index is 14.0. The number of esters is 1. The van der Waals surface area contributed by atoms with Gasteiger partial charge in [0, 0.05) is 23.3 Å². The van der Waals surface area contributed by atoms with Crippen molar-refractivity contribution in [1.82, 2.24) is 10.0 Å². The van der Waals surface area contributed by atoms with E-state index in [1.165, 1.54) is 42.7 Å². The molecule has 1 aromatic heterocycles. The number of imide groups is 1. The number of allylic oxidation sites excluding steroid dienone is 2. The second-order valence-electron chi connectivity index (χ2n) is 10.6. The quantitative estimate of drug-likeness (QED) is 0.0504. The van der Waals surface area contributed by atoms with E-state index in [1.807, 2.05) is 0 Å². The maximum Gasteiger partial charge on any atom is 0.379 e. The molecular formula is C29H15Cl6N3O9. The minimum Gasteiger partial charge on any atom is -0.457 e. The summed E-state index contributed by atoms with van der Waals surface area (Å²) in [7, 11) is 0. The normalized spacial score (nSPS) is 25.6. The van der Waals surface area contributed by atoms with Crippen molar-refractivity contribution in [3.63, 3.8) is 0 Å². The molecule has 0 radical (unpaired) electrons. The molecule has 47 heavy (non-hydrogen) atoms. The number of nitro benzene ring substituents is 1. The predicted octanol–water partition coefficient (Wildman–Crippen LogP) is 6.09. The molecule has 12 nitrogen and oxygen atoms in total. The third-order valence-corrected chi connectivity index (χ3v) is 12.3. The highest BCUT2D eigenvalue weighted by Gasteiger charge is 2.88. The summed E-state index contributed by atoms with van der Waals surface area (Å²) in [5.74, 6) is -8.05. The van der Waals surface area contributed by atoms with Crippen molar-refractivity contribution in [2.45, 2.75) is 14.1 Å². The molecule has 3 amide bonds. The van der Waals surface area contributed by atoms with Gasteiger partial charge in [-0.25, -0.2) is 9.80 Å². The predicted molar refractivity (Wildman–Crippen MR) is 168 cm³/mol. The molecule has 18 heteroatoms. The molecule has 2 heterocycles. The molecule has 4 atom stereocenters. The van der Waals surface area contributed by atoms with E-state index in [0.717, 1.165) is 24.3 Å². The molecule has 3 aliphatic rings. The van der Waals surface area contributed by atoms with Crippen LogP contribution in [0.5, 0.6) is 5.75 Å². The molecule has 0 N–H and O–H groups in total. The van der Waals surface area contributed by atoms with Crippen LogP contribution in [0.3, 0.4) is 0 Å². The fourth-order valence-corrected chi connectivity index (χ4v) is 8.74. The Labute approximate surface area is 293 Å². The van der Waals surface area contributed by atoms with Crippen LogP contribution >= 0.6 is 69.6 Å². The van der Waals surface area contributed by atoms with Gasteiger partial charge in [-0.05, 0) is 48.5 Å². The monoisotopic (exact) mass is 759 g/mol. The van der Waals surface area contributed by atoms with E-state index in [0.29, 0.717) is 10.0 Å². The molecule has 1 aliphatic heterocycles. The number of hydrogen-bond donors (Lipinski definition) is 0. The first-order valence-electron chi connectivity index (χ1n) is 13.2. The van der Waals surface area contributed by atoms with Crippen molar-refractivity contribution in [2.75, 3.05) is 6.54 Å². The van der Waals surface area contributed by atoms with Gasteiger partial charge in [0.2, 0.25) is 5.76 Å². The van der Waals surface area contributed by atoms with Gasteiger partial charge in [-0.1, -0.05) is 46.4 Å². The lowest BCUT2D eigenvalue weighted by Crippen LogP contribution is -2.56. The molecule has 1 saturated carbocycles. The van der Waals surface area contributed by atoms with E-state index < -0.39 is 66.9 Å². The highest BCUT2D eigenvalue weighted by molar-refractivity contribution is 6.66. The number of rotatable bonds is 8. The Morgan fingerprint density at radius 3 is 1.89 bits per heavy atom. The van der Waals surface area contributed by atoms with E-state index in [2.05, 4.69) is 0 Å². The van der Waals surface area contributed by atoms with Crippen LogP contribution in [0.25, 0.3) is 0 Å². The topological polar surface area (TPSA) is 157 Å². The fraction of sp³-hybridized carbons (Fsp3) is 0.207. The largest absolute Gasteiger partial charge is 0.457 e. The van der Waals surface area contributed by atoms with Crippen LogP contribution in [-0.4, -0.2) is 65.0 Å². The van der Waals surface area contributed by atoms with Crippen LogP contribution in [0.2, 0.25) is 0 Å². The Balaban J connectivity index is 1.34. The summed E-state index contributed by atoms with van der Waals surface area (Å²) < 4.78 is 7.95. The highest BCUT2D eigenvalue weighted by atomic mass is 35.5. The van der Waals surface area contributed by atoms with Crippen LogP contribution < -0.4 is 4.74 Å². The third-order valence-electron chi connectivity index (χ3n) is 8.09. The number of furan rings is 1. The summed E-state index contributed by atoms with van der Waals surface area (Å²) in [5.41, 5.74) is -0.580. The minimum absolute atomic E-state index is 0.0143. The number of carbonyl (C=O) groups excluding carboxylic acids is 5. The molecule has 2 bridgehead atoms. The van der Waals surface area contributed by atoms with Gasteiger partial charge < -0.3 is 9.15 Å². The molecule has 242 valence electrons. The second-order valence-corrected chi connectivity index (χ2v) is 13.8. The van der Waals surface area contributed by atoms with Crippen LogP contribution in [0.15, 0.2) is 81.4 Å². The van der Waals surface area contributed by atoms with Crippen molar-refractivity contribution in [1.29, 1.82) is 0 Å². The number of amides is 3. The van der Waals surface area contributed by atoms with Gasteiger partial charge in [-0.3, -0.25) is 29.3 Å². The zero-order chi connectivity index (χ0) is 34.2. The number of benzene rings is 2. The van der Waals surface area contributed by atoms with Gasteiger partial charge in [0.1, 0.15) is 22.0 Å². The number of nitrogens with zero attached hydrogens (tertiary/aromatic N) is 3. The van der Waals surface area contributed by atoms with Gasteiger partial charge >= 0.3 is 5.97 Å². The van der Waals surface area contributed by atoms with E-state index in [1.54, 1.807) is 0 Å². The lowest BCUT2D eigenvalue weighted by molar-refractivity contribution is -0.384. The minimum atomic E-state index is -2.24. The first kappa shape index (κ1) is 33.3. The van der Waals surface area contributed by atoms with E-state index in [9.17, 15) is 34.1 Å². The first-order valence-corrected chi connectivity index (χ1v) is 15.5. The van der Waals surface area contributed by atoms with Crippen LogP contribution in [0, 0.1) is 22.0 Å². The number of fused-ring (bicyclic) bond motifs is 5. The molecule has 0 spiro atoms. The number of alkyl halides is 4. The summed E-state index contributed by atoms with van der Waals surface area (Å²) in [4.78, 5) is 73.8. The molecule has 0 unspecified atom stereocenters. The van der Waals surface area contributed by atoms with Crippen molar-refractivity contribution in [2.24, 2.45) is 11.8 Å². The zero-order valence-electron chi connectivity index (χ0n) is 23.0.